The van der Waals surface area contributed by atoms with Crippen molar-refractivity contribution in [2.45, 2.75) is 34.3 Å². The maximum atomic E-state index is 13.3. The van der Waals surface area contributed by atoms with Gasteiger partial charge < -0.3 is 10.2 Å². The van der Waals surface area contributed by atoms with Crippen LogP contribution in [0.15, 0.2) is 52.3 Å². The molecular weight excluding hydrogens is 422 g/mol. The van der Waals surface area contributed by atoms with Gasteiger partial charge in [0, 0.05) is 24.5 Å². The second-order valence-corrected chi connectivity index (χ2v) is 10.6. The van der Waals surface area contributed by atoms with E-state index < -0.39 is 21.2 Å². The Morgan fingerprint density at radius 2 is 1.83 bits per heavy atom. The highest BCUT2D eigenvalue weighted by Gasteiger charge is 2.38. The quantitative estimate of drug-likeness (QED) is 0.737. The van der Waals surface area contributed by atoms with Crippen molar-refractivity contribution in [2.75, 3.05) is 29.3 Å². The summed E-state index contributed by atoms with van der Waals surface area (Å²) in [5.41, 5.74) is 2.14. The lowest BCUT2D eigenvalue weighted by atomic mass is 10.2. The topological polar surface area (TPSA) is 86.8 Å². The molecule has 5 rings (SSSR count). The van der Waals surface area contributed by atoms with E-state index in [1.54, 1.807) is 17.0 Å². The van der Waals surface area contributed by atoms with Crippen LogP contribution < -0.4 is 9.62 Å². The molecule has 3 aliphatic heterocycles. The minimum absolute atomic E-state index is 0.128. The number of para-hydroxylation sites is 1. The van der Waals surface area contributed by atoms with Crippen molar-refractivity contribution >= 4 is 45.0 Å². The molecule has 30 heavy (non-hydrogen) atoms. The Bertz CT molecular complexity index is 1140. The lowest BCUT2D eigenvalue weighted by molar-refractivity contribution is -0.133. The van der Waals surface area contributed by atoms with Crippen molar-refractivity contribution in [2.24, 2.45) is 0 Å². The molecule has 2 aromatic carbocycles. The Labute approximate surface area is 179 Å². The number of likely N-dealkylation sites (tertiary alicyclic amines) is 1. The molecule has 9 heteroatoms. The number of carbonyl (C=O) groups excluding carboxylic acids is 2. The van der Waals surface area contributed by atoms with Crippen molar-refractivity contribution in [3.05, 3.63) is 48.0 Å². The Morgan fingerprint density at radius 1 is 1.07 bits per heavy atom. The smallest absolute Gasteiger partial charge is 0.264 e. The van der Waals surface area contributed by atoms with Gasteiger partial charge in [0.2, 0.25) is 11.8 Å². The molecule has 0 aliphatic carbocycles. The van der Waals surface area contributed by atoms with Crippen LogP contribution in [-0.4, -0.2) is 50.0 Å². The van der Waals surface area contributed by atoms with Gasteiger partial charge in [0.05, 0.1) is 16.3 Å². The molecule has 1 atom stereocenters. The molecule has 3 aliphatic rings. The zero-order chi connectivity index (χ0) is 20.9. The molecule has 1 saturated heterocycles. The normalized spacial score (nSPS) is 20.7. The minimum Gasteiger partial charge on any atom is -0.341 e. The van der Waals surface area contributed by atoms with Crippen LogP contribution in [-0.2, 0) is 26.0 Å². The lowest BCUT2D eigenvalue weighted by Crippen LogP contribution is -2.43. The summed E-state index contributed by atoms with van der Waals surface area (Å²) in [5, 5.41) is 1.92. The molecule has 1 fully saturated rings. The van der Waals surface area contributed by atoms with Crippen LogP contribution in [0, 0.1) is 0 Å². The standard InChI is InChI=1S/C21H21N3O4S2/c25-20-19(21(26)23-10-3-4-11-23)29-18-8-7-15(13-16(18)22-20)30(27,28)24-12-9-14-5-1-2-6-17(14)24/h1-2,5-8,13,19H,3-4,9-12H2,(H,22,25)/t19-/m1/s1. The van der Waals surface area contributed by atoms with Crippen LogP contribution in [0.3, 0.4) is 0 Å². The molecule has 0 radical (unpaired) electrons. The Hall–Kier alpha value is -2.52. The third kappa shape index (κ3) is 3.16. The highest BCUT2D eigenvalue weighted by Crippen LogP contribution is 2.39. The van der Waals surface area contributed by atoms with Crippen LogP contribution in [0.2, 0.25) is 0 Å². The second-order valence-electron chi connectivity index (χ2n) is 7.63. The number of nitrogens with one attached hydrogen (secondary N) is 1. The number of sulfonamides is 1. The Kier molecular flexibility index (Phi) is 4.74. The molecule has 0 spiro atoms. The van der Waals surface area contributed by atoms with Crippen LogP contribution in [0.1, 0.15) is 18.4 Å². The van der Waals surface area contributed by atoms with Gasteiger partial charge in [-0.05, 0) is 49.1 Å². The predicted molar refractivity (Wildman–Crippen MR) is 115 cm³/mol. The van der Waals surface area contributed by atoms with E-state index in [-0.39, 0.29) is 10.8 Å². The average molecular weight is 444 g/mol. The van der Waals surface area contributed by atoms with E-state index in [4.69, 9.17) is 0 Å². The van der Waals surface area contributed by atoms with Gasteiger partial charge in [-0.25, -0.2) is 8.42 Å². The van der Waals surface area contributed by atoms with Crippen molar-refractivity contribution in [1.82, 2.24) is 4.90 Å². The monoisotopic (exact) mass is 443 g/mol. The second kappa shape index (κ2) is 7.31. The fraction of sp³-hybridized carbons (Fsp3) is 0.333. The molecule has 0 bridgehead atoms. The highest BCUT2D eigenvalue weighted by atomic mass is 32.2. The zero-order valence-electron chi connectivity index (χ0n) is 16.2. The summed E-state index contributed by atoms with van der Waals surface area (Å²) in [6.07, 6.45) is 2.59. The van der Waals surface area contributed by atoms with E-state index >= 15 is 0 Å². The summed E-state index contributed by atoms with van der Waals surface area (Å²) < 4.78 is 27.9. The van der Waals surface area contributed by atoms with Crippen molar-refractivity contribution in [1.29, 1.82) is 0 Å². The number of hydrogen-bond acceptors (Lipinski definition) is 5. The van der Waals surface area contributed by atoms with Gasteiger partial charge in [0.25, 0.3) is 10.0 Å². The zero-order valence-corrected chi connectivity index (χ0v) is 17.8. The number of rotatable bonds is 3. The molecule has 156 valence electrons. The minimum atomic E-state index is -3.75. The van der Waals surface area contributed by atoms with E-state index in [1.165, 1.54) is 22.1 Å². The first-order chi connectivity index (χ1) is 14.4. The van der Waals surface area contributed by atoms with E-state index in [1.807, 2.05) is 24.3 Å². The summed E-state index contributed by atoms with van der Waals surface area (Å²) >= 11 is 1.19. The summed E-state index contributed by atoms with van der Waals surface area (Å²) in [4.78, 5) is 27.8. The maximum absolute atomic E-state index is 13.3. The molecule has 0 unspecified atom stereocenters. The van der Waals surface area contributed by atoms with E-state index in [0.717, 1.165) is 18.4 Å². The Balaban J connectivity index is 1.42. The van der Waals surface area contributed by atoms with Gasteiger partial charge in [0.15, 0.2) is 5.25 Å². The highest BCUT2D eigenvalue weighted by molar-refractivity contribution is 8.01. The molecule has 1 N–H and O–H groups in total. The average Bonchev–Trinajstić information content (AvgIpc) is 3.42. The number of anilines is 2. The maximum Gasteiger partial charge on any atom is 0.264 e. The third-order valence-corrected chi connectivity index (χ3v) is 8.84. The van der Waals surface area contributed by atoms with Gasteiger partial charge in [-0.1, -0.05) is 18.2 Å². The van der Waals surface area contributed by atoms with Crippen LogP contribution in [0.5, 0.6) is 0 Å². The molecule has 2 amide bonds. The summed E-state index contributed by atoms with van der Waals surface area (Å²) in [7, 11) is -3.75. The van der Waals surface area contributed by atoms with Gasteiger partial charge >= 0.3 is 0 Å². The van der Waals surface area contributed by atoms with Gasteiger partial charge in [0.1, 0.15) is 0 Å². The number of thioether (sulfide) groups is 1. The summed E-state index contributed by atoms with van der Waals surface area (Å²) in [5.74, 6) is -0.573. The molecule has 7 nitrogen and oxygen atoms in total. The third-order valence-electron chi connectivity index (χ3n) is 5.77. The fourth-order valence-electron chi connectivity index (χ4n) is 4.20. The predicted octanol–water partition coefficient (Wildman–Crippen LogP) is 2.47. The summed E-state index contributed by atoms with van der Waals surface area (Å²) in [6, 6.07) is 12.2. The van der Waals surface area contributed by atoms with Gasteiger partial charge in [-0.3, -0.25) is 13.9 Å². The number of nitrogens with zero attached hydrogens (tertiary/aromatic N) is 2. The van der Waals surface area contributed by atoms with E-state index in [0.29, 0.717) is 42.3 Å². The molecule has 2 aromatic rings. The van der Waals surface area contributed by atoms with E-state index in [9.17, 15) is 18.0 Å². The number of carbonyl (C=O) groups is 2. The molecule has 0 saturated carbocycles. The molecular formula is C21H21N3O4S2. The van der Waals surface area contributed by atoms with Crippen molar-refractivity contribution in [3.63, 3.8) is 0 Å². The van der Waals surface area contributed by atoms with Crippen LogP contribution in [0.4, 0.5) is 11.4 Å². The first kappa shape index (κ1) is 19.4. The first-order valence-corrected chi connectivity index (χ1v) is 12.3. The number of fused-ring (bicyclic) bond motifs is 2. The van der Waals surface area contributed by atoms with Crippen molar-refractivity contribution < 1.29 is 18.0 Å². The van der Waals surface area contributed by atoms with Crippen molar-refractivity contribution in [3.8, 4) is 0 Å². The van der Waals surface area contributed by atoms with Crippen LogP contribution in [0.25, 0.3) is 0 Å². The largest absolute Gasteiger partial charge is 0.341 e. The summed E-state index contributed by atoms with van der Waals surface area (Å²) in [6.45, 7) is 1.77. The first-order valence-electron chi connectivity index (χ1n) is 9.96. The fourth-order valence-corrected chi connectivity index (χ4v) is 6.78. The SMILES string of the molecule is O=C1Nc2cc(S(=O)(=O)N3CCc4ccccc43)ccc2S[C@H]1C(=O)N1CCCC1. The van der Waals surface area contributed by atoms with E-state index in [2.05, 4.69) is 5.32 Å². The Morgan fingerprint density at radius 3 is 2.63 bits per heavy atom. The number of hydrogen-bond donors (Lipinski definition) is 1. The van der Waals surface area contributed by atoms with Gasteiger partial charge in [-0.15, -0.1) is 11.8 Å². The number of amides is 2. The molecule has 0 aromatic heterocycles. The number of benzene rings is 2. The molecule has 3 heterocycles. The lowest BCUT2D eigenvalue weighted by Gasteiger charge is -2.27. The van der Waals surface area contributed by atoms with Gasteiger partial charge in [-0.2, -0.15) is 0 Å². The van der Waals surface area contributed by atoms with Crippen LogP contribution >= 0.6 is 11.8 Å².